The van der Waals surface area contributed by atoms with Gasteiger partial charge in [-0.2, -0.15) is 13.2 Å². The first kappa shape index (κ1) is 33.2. The molecule has 0 aliphatic carbocycles. The molecule has 3 aromatic rings. The highest BCUT2D eigenvalue weighted by Gasteiger charge is 2.40. The lowest BCUT2D eigenvalue weighted by Crippen LogP contribution is -2.21. The molecule has 0 spiro atoms. The molecule has 0 heterocycles. The summed E-state index contributed by atoms with van der Waals surface area (Å²) in [5, 5.41) is 0. The van der Waals surface area contributed by atoms with E-state index < -0.39 is 18.1 Å². The molecule has 1 atom stereocenters. The molecule has 0 aliphatic rings. The summed E-state index contributed by atoms with van der Waals surface area (Å²) in [7, 11) is 0. The first-order valence-electron chi connectivity index (χ1n) is 15.5. The smallest absolute Gasteiger partial charge is 0.395 e. The van der Waals surface area contributed by atoms with E-state index in [4.69, 9.17) is 9.47 Å². The summed E-state index contributed by atoms with van der Waals surface area (Å²) in [6.45, 7) is 4.98. The molecule has 0 saturated heterocycles. The predicted molar refractivity (Wildman–Crippen MR) is 164 cm³/mol. The van der Waals surface area contributed by atoms with Gasteiger partial charge in [0.1, 0.15) is 11.5 Å². The number of hydrogen-bond acceptors (Lipinski definition) is 3. The van der Waals surface area contributed by atoms with Gasteiger partial charge >= 0.3 is 12.1 Å². The topological polar surface area (TPSA) is 35.5 Å². The van der Waals surface area contributed by atoms with Gasteiger partial charge in [0.2, 0.25) is 0 Å². The monoisotopic (exact) mass is 582 g/mol. The minimum Gasteiger partial charge on any atom is -0.494 e. The molecule has 42 heavy (non-hydrogen) atoms. The van der Waals surface area contributed by atoms with E-state index in [-0.39, 0.29) is 17.7 Å². The molecule has 0 aromatic heterocycles. The van der Waals surface area contributed by atoms with E-state index in [1.807, 2.05) is 43.3 Å². The third-order valence-corrected chi connectivity index (χ3v) is 7.56. The van der Waals surface area contributed by atoms with Gasteiger partial charge < -0.3 is 9.47 Å². The fraction of sp³-hybridized carbons (Fsp3) is 0.472. The first-order chi connectivity index (χ1) is 20.3. The van der Waals surface area contributed by atoms with E-state index in [2.05, 4.69) is 6.92 Å². The second kappa shape index (κ2) is 17.6. The number of ether oxygens (including phenoxy) is 2. The van der Waals surface area contributed by atoms with Crippen molar-refractivity contribution in [2.24, 2.45) is 0 Å². The Morgan fingerprint density at radius 1 is 0.643 bits per heavy atom. The zero-order valence-electron chi connectivity index (χ0n) is 25.1. The Morgan fingerprint density at radius 2 is 1.14 bits per heavy atom. The van der Waals surface area contributed by atoms with Gasteiger partial charge in [-0.1, -0.05) is 114 Å². The van der Waals surface area contributed by atoms with Crippen LogP contribution in [0, 0.1) is 0 Å². The standard InChI is InChI=1S/C36H45F3O3/c1-3-5-7-9-10-11-13-27-41-32-23-19-29(20-24-32)28-15-17-31(18-16-28)35(40)42-33-25-21-30(22-26-33)34(36(37,38)39)14-12-8-6-4-2/h15-26,34H,3-14,27H2,1-2H3. The molecule has 3 rings (SSSR count). The third kappa shape index (κ3) is 11.2. The fourth-order valence-corrected chi connectivity index (χ4v) is 5.02. The first-order valence-corrected chi connectivity index (χ1v) is 15.5. The van der Waals surface area contributed by atoms with Gasteiger partial charge in [0.05, 0.1) is 18.1 Å². The van der Waals surface area contributed by atoms with E-state index in [0.717, 1.165) is 42.6 Å². The molecule has 1 unspecified atom stereocenters. The second-order valence-corrected chi connectivity index (χ2v) is 11.0. The lowest BCUT2D eigenvalue weighted by Gasteiger charge is -2.21. The Balaban J connectivity index is 1.49. The number of esters is 1. The molecular formula is C36H45F3O3. The van der Waals surface area contributed by atoms with Crippen molar-refractivity contribution in [3.8, 4) is 22.6 Å². The number of halogens is 3. The summed E-state index contributed by atoms with van der Waals surface area (Å²) in [6, 6.07) is 20.7. The zero-order valence-corrected chi connectivity index (χ0v) is 25.1. The van der Waals surface area contributed by atoms with Gasteiger partial charge in [0, 0.05) is 0 Å². The highest BCUT2D eigenvalue weighted by Crippen LogP contribution is 2.39. The van der Waals surface area contributed by atoms with Crippen molar-refractivity contribution in [1.82, 2.24) is 0 Å². The maximum atomic E-state index is 13.6. The summed E-state index contributed by atoms with van der Waals surface area (Å²) >= 11 is 0. The van der Waals surface area contributed by atoms with E-state index in [9.17, 15) is 18.0 Å². The normalized spacial score (nSPS) is 12.2. The van der Waals surface area contributed by atoms with Gasteiger partial charge in [-0.25, -0.2) is 4.79 Å². The van der Waals surface area contributed by atoms with E-state index in [1.165, 1.54) is 62.8 Å². The van der Waals surface area contributed by atoms with Crippen LogP contribution in [0.4, 0.5) is 13.2 Å². The van der Waals surface area contributed by atoms with Crippen molar-refractivity contribution in [3.05, 3.63) is 83.9 Å². The Morgan fingerprint density at radius 3 is 1.71 bits per heavy atom. The molecule has 0 fully saturated rings. The van der Waals surface area contributed by atoms with E-state index in [0.29, 0.717) is 18.6 Å². The van der Waals surface area contributed by atoms with Crippen molar-refractivity contribution in [2.45, 2.75) is 103 Å². The summed E-state index contributed by atoms with van der Waals surface area (Å²) in [5.74, 6) is -1.02. The molecule has 6 heteroatoms. The molecule has 3 aromatic carbocycles. The minimum absolute atomic E-state index is 0.0595. The Bertz CT molecular complexity index is 1170. The second-order valence-electron chi connectivity index (χ2n) is 11.0. The van der Waals surface area contributed by atoms with Crippen LogP contribution in [0.2, 0.25) is 0 Å². The van der Waals surface area contributed by atoms with Crippen LogP contribution in [0.3, 0.4) is 0 Å². The summed E-state index contributed by atoms with van der Waals surface area (Å²) in [6.07, 6.45) is 7.70. The summed E-state index contributed by atoms with van der Waals surface area (Å²) < 4.78 is 52.3. The lowest BCUT2D eigenvalue weighted by atomic mass is 9.92. The molecule has 0 saturated carbocycles. The average Bonchev–Trinajstić information content (AvgIpc) is 2.99. The number of unbranched alkanes of at least 4 members (excludes halogenated alkanes) is 9. The average molecular weight is 583 g/mol. The van der Waals surface area contributed by atoms with E-state index >= 15 is 0 Å². The maximum Gasteiger partial charge on any atom is 0.395 e. The maximum absolute atomic E-state index is 13.6. The van der Waals surface area contributed by atoms with Crippen LogP contribution < -0.4 is 9.47 Å². The summed E-state index contributed by atoms with van der Waals surface area (Å²) in [4.78, 5) is 12.7. The fourth-order valence-electron chi connectivity index (χ4n) is 5.02. The highest BCUT2D eigenvalue weighted by molar-refractivity contribution is 5.91. The van der Waals surface area contributed by atoms with Crippen LogP contribution in [-0.4, -0.2) is 18.8 Å². The molecule has 228 valence electrons. The highest BCUT2D eigenvalue weighted by atomic mass is 19.4. The molecule has 0 aliphatic heterocycles. The minimum atomic E-state index is -4.31. The largest absolute Gasteiger partial charge is 0.494 e. The molecule has 0 N–H and O–H groups in total. The Hall–Kier alpha value is -3.28. The van der Waals surface area contributed by atoms with Gasteiger partial charge in [0.25, 0.3) is 0 Å². The van der Waals surface area contributed by atoms with Crippen LogP contribution >= 0.6 is 0 Å². The number of alkyl halides is 3. The molecule has 0 radical (unpaired) electrons. The summed E-state index contributed by atoms with van der Waals surface area (Å²) in [5.41, 5.74) is 2.51. The van der Waals surface area contributed by atoms with Crippen molar-refractivity contribution in [1.29, 1.82) is 0 Å². The van der Waals surface area contributed by atoms with E-state index in [1.54, 1.807) is 12.1 Å². The van der Waals surface area contributed by atoms with Crippen LogP contribution in [-0.2, 0) is 0 Å². The SMILES string of the molecule is CCCCCCCCCOc1ccc(-c2ccc(C(=O)Oc3ccc(C(CCCCCC)C(F)(F)F)cc3)cc2)cc1. The van der Waals surface area contributed by atoms with Gasteiger partial charge in [-0.05, 0) is 65.9 Å². The quantitative estimate of drug-likeness (QED) is 0.0850. The number of rotatable bonds is 18. The third-order valence-electron chi connectivity index (χ3n) is 7.56. The van der Waals surface area contributed by atoms with Crippen molar-refractivity contribution < 1.29 is 27.4 Å². The van der Waals surface area contributed by atoms with Crippen molar-refractivity contribution >= 4 is 5.97 Å². The molecule has 0 amide bonds. The number of carbonyl (C=O) groups excluding carboxylic acids is 1. The van der Waals surface area contributed by atoms with Crippen LogP contribution in [0.15, 0.2) is 72.8 Å². The van der Waals surface area contributed by atoms with Gasteiger partial charge in [-0.15, -0.1) is 0 Å². The Labute approximate surface area is 249 Å². The number of hydrogen-bond donors (Lipinski definition) is 0. The van der Waals surface area contributed by atoms with Crippen LogP contribution in [0.1, 0.15) is 113 Å². The number of carbonyl (C=O) groups is 1. The van der Waals surface area contributed by atoms with Crippen LogP contribution in [0.25, 0.3) is 11.1 Å². The number of benzene rings is 3. The Kier molecular flexibility index (Phi) is 13.9. The molecular weight excluding hydrogens is 537 g/mol. The molecule has 3 nitrogen and oxygen atoms in total. The van der Waals surface area contributed by atoms with Crippen molar-refractivity contribution in [3.63, 3.8) is 0 Å². The lowest BCUT2D eigenvalue weighted by molar-refractivity contribution is -0.152. The van der Waals surface area contributed by atoms with Gasteiger partial charge in [-0.3, -0.25) is 0 Å². The van der Waals surface area contributed by atoms with Crippen molar-refractivity contribution in [2.75, 3.05) is 6.61 Å². The zero-order chi connectivity index (χ0) is 30.2. The molecule has 0 bridgehead atoms. The van der Waals surface area contributed by atoms with Gasteiger partial charge in [0.15, 0.2) is 0 Å². The predicted octanol–water partition coefficient (Wildman–Crippen LogP) is 11.3. The van der Waals surface area contributed by atoms with Crippen LogP contribution in [0.5, 0.6) is 11.5 Å².